The van der Waals surface area contributed by atoms with E-state index in [1.165, 1.54) is 0 Å². The number of rotatable bonds is 3. The molecule has 7 nitrogen and oxygen atoms in total. The average molecular weight is 341 g/mol. The van der Waals surface area contributed by atoms with E-state index in [2.05, 4.69) is 16.0 Å². The third-order valence-electron chi connectivity index (χ3n) is 3.73. The van der Waals surface area contributed by atoms with Crippen molar-refractivity contribution in [2.24, 2.45) is 0 Å². The van der Waals surface area contributed by atoms with Crippen molar-refractivity contribution in [2.45, 2.75) is 19.4 Å². The third kappa shape index (κ3) is 3.65. The van der Waals surface area contributed by atoms with E-state index in [1.54, 1.807) is 63.4 Å². The van der Waals surface area contributed by atoms with Crippen LogP contribution < -0.4 is 25.4 Å². The van der Waals surface area contributed by atoms with E-state index in [0.29, 0.717) is 28.6 Å². The SMILES string of the molecule is COc1cccc(NC(=O)Nc2ccc3c(c2)NC(=O)C(C)(C)O3)c1. The van der Waals surface area contributed by atoms with E-state index in [1.807, 2.05) is 0 Å². The molecule has 0 aromatic heterocycles. The monoisotopic (exact) mass is 341 g/mol. The Morgan fingerprint density at radius 1 is 1.12 bits per heavy atom. The van der Waals surface area contributed by atoms with Gasteiger partial charge < -0.3 is 25.4 Å². The highest BCUT2D eigenvalue weighted by Gasteiger charge is 2.35. The molecule has 2 aromatic carbocycles. The van der Waals surface area contributed by atoms with Crippen molar-refractivity contribution in [3.8, 4) is 11.5 Å². The number of anilines is 3. The van der Waals surface area contributed by atoms with Crippen molar-refractivity contribution in [2.75, 3.05) is 23.1 Å². The summed E-state index contributed by atoms with van der Waals surface area (Å²) in [5.41, 5.74) is 0.727. The highest BCUT2D eigenvalue weighted by atomic mass is 16.5. The molecule has 0 saturated carbocycles. The fourth-order valence-electron chi connectivity index (χ4n) is 2.38. The number of nitrogens with one attached hydrogen (secondary N) is 3. The number of carbonyl (C=O) groups excluding carboxylic acids is 2. The third-order valence-corrected chi connectivity index (χ3v) is 3.73. The zero-order valence-electron chi connectivity index (χ0n) is 14.2. The largest absolute Gasteiger partial charge is 0.497 e. The molecule has 0 spiro atoms. The van der Waals surface area contributed by atoms with Crippen LogP contribution in [0.5, 0.6) is 11.5 Å². The fraction of sp³-hybridized carbons (Fsp3) is 0.222. The summed E-state index contributed by atoms with van der Waals surface area (Å²) in [7, 11) is 1.56. The van der Waals surface area contributed by atoms with Crippen molar-refractivity contribution >= 4 is 29.0 Å². The Morgan fingerprint density at radius 2 is 1.84 bits per heavy atom. The average Bonchev–Trinajstić information content (AvgIpc) is 2.56. The summed E-state index contributed by atoms with van der Waals surface area (Å²) >= 11 is 0. The fourth-order valence-corrected chi connectivity index (χ4v) is 2.38. The number of hydrogen-bond acceptors (Lipinski definition) is 4. The van der Waals surface area contributed by atoms with Gasteiger partial charge in [-0.1, -0.05) is 6.07 Å². The van der Waals surface area contributed by atoms with Crippen LogP contribution in [0.15, 0.2) is 42.5 Å². The molecule has 3 rings (SSSR count). The van der Waals surface area contributed by atoms with E-state index >= 15 is 0 Å². The van der Waals surface area contributed by atoms with Gasteiger partial charge in [-0.25, -0.2) is 4.79 Å². The Morgan fingerprint density at radius 3 is 2.56 bits per heavy atom. The molecule has 0 saturated heterocycles. The van der Waals surface area contributed by atoms with Crippen LogP contribution in [0.4, 0.5) is 21.9 Å². The molecule has 1 aliphatic heterocycles. The minimum absolute atomic E-state index is 0.238. The first kappa shape index (κ1) is 16.6. The maximum atomic E-state index is 12.1. The Hall–Kier alpha value is -3.22. The molecule has 7 heteroatoms. The molecule has 25 heavy (non-hydrogen) atoms. The van der Waals surface area contributed by atoms with Crippen LogP contribution in [0.2, 0.25) is 0 Å². The highest BCUT2D eigenvalue weighted by Crippen LogP contribution is 2.35. The lowest BCUT2D eigenvalue weighted by Crippen LogP contribution is -2.45. The van der Waals surface area contributed by atoms with Gasteiger partial charge in [0.1, 0.15) is 11.5 Å². The van der Waals surface area contributed by atoms with Crippen LogP contribution in [0.3, 0.4) is 0 Å². The quantitative estimate of drug-likeness (QED) is 0.798. The molecule has 0 fully saturated rings. The highest BCUT2D eigenvalue weighted by molar-refractivity contribution is 6.03. The number of methoxy groups -OCH3 is 1. The van der Waals surface area contributed by atoms with Gasteiger partial charge in [-0.05, 0) is 44.2 Å². The molecule has 1 aliphatic rings. The van der Waals surface area contributed by atoms with Crippen LogP contribution in [0, 0.1) is 0 Å². The number of carbonyl (C=O) groups is 2. The van der Waals surface area contributed by atoms with Crippen molar-refractivity contribution < 1.29 is 19.1 Å². The van der Waals surface area contributed by atoms with Gasteiger partial charge >= 0.3 is 6.03 Å². The summed E-state index contributed by atoms with van der Waals surface area (Å²) in [5, 5.41) is 8.21. The van der Waals surface area contributed by atoms with Gasteiger partial charge in [0.15, 0.2) is 5.60 Å². The molecule has 0 bridgehead atoms. The van der Waals surface area contributed by atoms with Gasteiger partial charge in [0.05, 0.1) is 12.8 Å². The second-order valence-electron chi connectivity index (χ2n) is 6.09. The summed E-state index contributed by atoms with van der Waals surface area (Å²) in [4.78, 5) is 24.1. The summed E-state index contributed by atoms with van der Waals surface area (Å²) < 4.78 is 10.8. The van der Waals surface area contributed by atoms with E-state index in [0.717, 1.165) is 0 Å². The summed E-state index contributed by atoms with van der Waals surface area (Å²) in [6.45, 7) is 3.39. The Bertz CT molecular complexity index is 833. The predicted molar refractivity (Wildman–Crippen MR) is 95.4 cm³/mol. The number of fused-ring (bicyclic) bond motifs is 1. The van der Waals surface area contributed by atoms with Crippen LogP contribution in [-0.2, 0) is 4.79 Å². The van der Waals surface area contributed by atoms with Crippen molar-refractivity contribution in [1.29, 1.82) is 0 Å². The Balaban J connectivity index is 1.70. The van der Waals surface area contributed by atoms with Gasteiger partial charge in [-0.3, -0.25) is 4.79 Å². The lowest BCUT2D eigenvalue weighted by molar-refractivity contribution is -0.129. The molecular weight excluding hydrogens is 322 g/mol. The first-order chi connectivity index (χ1) is 11.9. The number of ether oxygens (including phenoxy) is 2. The molecule has 0 atom stereocenters. The first-order valence-electron chi connectivity index (χ1n) is 7.74. The van der Waals surface area contributed by atoms with Crippen molar-refractivity contribution in [3.63, 3.8) is 0 Å². The van der Waals surface area contributed by atoms with Crippen LogP contribution in [0.1, 0.15) is 13.8 Å². The second kappa shape index (κ2) is 6.35. The summed E-state index contributed by atoms with van der Waals surface area (Å²) in [6, 6.07) is 11.7. The lowest BCUT2D eigenvalue weighted by Gasteiger charge is -2.31. The molecule has 1 heterocycles. The second-order valence-corrected chi connectivity index (χ2v) is 6.09. The van der Waals surface area contributed by atoms with Gasteiger partial charge in [0.25, 0.3) is 5.91 Å². The molecular formula is C18H19N3O4. The van der Waals surface area contributed by atoms with E-state index in [9.17, 15) is 9.59 Å². The number of urea groups is 1. The van der Waals surface area contributed by atoms with Gasteiger partial charge in [0.2, 0.25) is 0 Å². The molecule has 2 aromatic rings. The zero-order valence-corrected chi connectivity index (χ0v) is 14.2. The predicted octanol–water partition coefficient (Wildman–Crippen LogP) is 3.45. The first-order valence-corrected chi connectivity index (χ1v) is 7.74. The number of benzene rings is 2. The number of hydrogen-bond donors (Lipinski definition) is 3. The molecule has 130 valence electrons. The lowest BCUT2D eigenvalue weighted by atomic mass is 10.1. The topological polar surface area (TPSA) is 88.7 Å². The summed E-state index contributed by atoms with van der Waals surface area (Å²) in [5.74, 6) is 0.968. The zero-order chi connectivity index (χ0) is 18.0. The van der Waals surface area contributed by atoms with E-state index in [4.69, 9.17) is 9.47 Å². The van der Waals surface area contributed by atoms with Crippen LogP contribution >= 0.6 is 0 Å². The molecule has 0 radical (unpaired) electrons. The molecule has 0 unspecified atom stereocenters. The Labute approximate surface area is 145 Å². The maximum Gasteiger partial charge on any atom is 0.323 e. The summed E-state index contributed by atoms with van der Waals surface area (Å²) in [6.07, 6.45) is 0. The Kier molecular flexibility index (Phi) is 4.22. The van der Waals surface area contributed by atoms with E-state index < -0.39 is 11.6 Å². The standard InChI is InChI=1S/C18H19N3O4/c1-18(2)16(22)21-14-10-12(7-8-15(14)25-18)20-17(23)19-11-5-4-6-13(9-11)24-3/h4-10H,1-3H3,(H,21,22)(H2,19,20,23). The smallest absolute Gasteiger partial charge is 0.323 e. The maximum absolute atomic E-state index is 12.1. The molecule has 0 aliphatic carbocycles. The van der Waals surface area contributed by atoms with Gasteiger partial charge in [-0.2, -0.15) is 0 Å². The van der Waals surface area contributed by atoms with Gasteiger partial charge in [-0.15, -0.1) is 0 Å². The normalized spacial score (nSPS) is 14.6. The molecule has 3 amide bonds. The minimum atomic E-state index is -0.925. The molecule has 3 N–H and O–H groups in total. The van der Waals surface area contributed by atoms with Crippen molar-refractivity contribution in [1.82, 2.24) is 0 Å². The minimum Gasteiger partial charge on any atom is -0.497 e. The van der Waals surface area contributed by atoms with Gasteiger partial charge in [0, 0.05) is 17.4 Å². The van der Waals surface area contributed by atoms with Crippen LogP contribution in [0.25, 0.3) is 0 Å². The van der Waals surface area contributed by atoms with E-state index in [-0.39, 0.29) is 5.91 Å². The number of amides is 3. The van der Waals surface area contributed by atoms with Crippen LogP contribution in [-0.4, -0.2) is 24.6 Å². The van der Waals surface area contributed by atoms with Crippen molar-refractivity contribution in [3.05, 3.63) is 42.5 Å².